The Morgan fingerprint density at radius 2 is 1.73 bits per heavy atom. The van der Waals surface area contributed by atoms with Gasteiger partial charge in [0.05, 0.1) is 22.7 Å². The summed E-state index contributed by atoms with van der Waals surface area (Å²) in [4.78, 5) is 16.4. The van der Waals surface area contributed by atoms with Gasteiger partial charge in [0, 0.05) is 39.8 Å². The van der Waals surface area contributed by atoms with Gasteiger partial charge >= 0.3 is 0 Å². The fourth-order valence-electron chi connectivity index (χ4n) is 5.34. The van der Waals surface area contributed by atoms with Crippen LogP contribution in [-0.4, -0.2) is 35.6 Å². The average molecular weight is 488 g/mol. The molecule has 0 spiro atoms. The molecule has 4 rings (SSSR count). The SMILES string of the molecule is COc1cc(-c2cc3cc(Cl)c(Cl)cc3[nH]2)ccc1C(=O)NCC1CC(C)(C)NC(C)(C)C1. The predicted molar refractivity (Wildman–Crippen MR) is 137 cm³/mol. The molecule has 0 radical (unpaired) electrons. The van der Waals surface area contributed by atoms with Crippen molar-refractivity contribution >= 4 is 40.0 Å². The molecular formula is C26H31Cl2N3O2. The lowest BCUT2D eigenvalue weighted by Crippen LogP contribution is -2.59. The zero-order valence-corrected chi connectivity index (χ0v) is 21.2. The summed E-state index contributed by atoms with van der Waals surface area (Å²) in [5, 5.41) is 8.80. The number of hydrogen-bond donors (Lipinski definition) is 3. The Labute approximate surface area is 205 Å². The quantitative estimate of drug-likeness (QED) is 0.387. The second-order valence-corrected chi connectivity index (χ2v) is 11.1. The summed E-state index contributed by atoms with van der Waals surface area (Å²) in [6.45, 7) is 9.52. The van der Waals surface area contributed by atoms with Crippen LogP contribution in [0.5, 0.6) is 5.75 Å². The largest absolute Gasteiger partial charge is 0.496 e. The van der Waals surface area contributed by atoms with E-state index in [9.17, 15) is 4.79 Å². The maximum Gasteiger partial charge on any atom is 0.255 e. The van der Waals surface area contributed by atoms with Crippen LogP contribution >= 0.6 is 23.2 Å². The highest BCUT2D eigenvalue weighted by Crippen LogP contribution is 2.34. The maximum absolute atomic E-state index is 13.0. The number of carbonyl (C=O) groups excluding carboxylic acids is 1. The minimum atomic E-state index is -0.122. The Balaban J connectivity index is 1.51. The molecule has 1 fully saturated rings. The molecule has 0 aliphatic carbocycles. The fraction of sp³-hybridized carbons (Fsp3) is 0.423. The van der Waals surface area contributed by atoms with Gasteiger partial charge in [-0.05, 0) is 76.8 Å². The number of fused-ring (bicyclic) bond motifs is 1. The zero-order chi connectivity index (χ0) is 24.0. The Kier molecular flexibility index (Phi) is 6.43. The highest BCUT2D eigenvalue weighted by Gasteiger charge is 2.37. The maximum atomic E-state index is 13.0. The van der Waals surface area contributed by atoms with E-state index in [1.165, 1.54) is 0 Å². The molecule has 1 aromatic heterocycles. The van der Waals surface area contributed by atoms with Crippen molar-refractivity contribution < 1.29 is 9.53 Å². The summed E-state index contributed by atoms with van der Waals surface area (Å²) in [5.74, 6) is 0.823. The summed E-state index contributed by atoms with van der Waals surface area (Å²) < 4.78 is 5.57. The molecule has 2 aromatic carbocycles. The number of H-pyrrole nitrogens is 1. The van der Waals surface area contributed by atoms with E-state index >= 15 is 0 Å². The van der Waals surface area contributed by atoms with Crippen molar-refractivity contribution in [3.63, 3.8) is 0 Å². The molecule has 0 saturated carbocycles. The molecule has 176 valence electrons. The molecule has 1 amide bonds. The van der Waals surface area contributed by atoms with Crippen molar-refractivity contribution in [1.29, 1.82) is 0 Å². The second kappa shape index (κ2) is 8.86. The number of amides is 1. The van der Waals surface area contributed by atoms with Gasteiger partial charge in [0.1, 0.15) is 5.75 Å². The molecule has 1 aliphatic heterocycles. The minimum absolute atomic E-state index is 0.0462. The number of aromatic nitrogens is 1. The summed E-state index contributed by atoms with van der Waals surface area (Å²) in [6.07, 6.45) is 2.03. The van der Waals surface area contributed by atoms with E-state index < -0.39 is 0 Å². The first kappa shape index (κ1) is 23.9. The molecule has 3 aromatic rings. The lowest BCUT2D eigenvalue weighted by molar-refractivity contribution is 0.0902. The van der Waals surface area contributed by atoms with E-state index in [4.69, 9.17) is 27.9 Å². The van der Waals surface area contributed by atoms with Crippen LogP contribution in [0.25, 0.3) is 22.2 Å². The number of hydrogen-bond acceptors (Lipinski definition) is 3. The van der Waals surface area contributed by atoms with Crippen LogP contribution in [0, 0.1) is 5.92 Å². The molecule has 2 heterocycles. The fourth-order valence-corrected chi connectivity index (χ4v) is 5.67. The van der Waals surface area contributed by atoms with Crippen LogP contribution in [0.1, 0.15) is 50.9 Å². The van der Waals surface area contributed by atoms with E-state index in [1.807, 2.05) is 36.4 Å². The number of piperidine rings is 1. The molecule has 1 aliphatic rings. The van der Waals surface area contributed by atoms with Crippen LogP contribution in [0.3, 0.4) is 0 Å². The van der Waals surface area contributed by atoms with Gasteiger partial charge in [-0.1, -0.05) is 29.3 Å². The van der Waals surface area contributed by atoms with Crippen molar-refractivity contribution in [3.8, 4) is 17.0 Å². The van der Waals surface area contributed by atoms with Gasteiger partial charge in [-0.25, -0.2) is 0 Å². The number of rotatable bonds is 5. The van der Waals surface area contributed by atoms with Crippen molar-refractivity contribution in [3.05, 3.63) is 52.0 Å². The van der Waals surface area contributed by atoms with E-state index in [2.05, 4.69) is 43.3 Å². The highest BCUT2D eigenvalue weighted by atomic mass is 35.5. The predicted octanol–water partition coefficient (Wildman–Crippen LogP) is 6.44. The Bertz CT molecular complexity index is 1140. The number of methoxy groups -OCH3 is 1. The molecule has 1 saturated heterocycles. The zero-order valence-electron chi connectivity index (χ0n) is 19.7. The summed E-state index contributed by atoms with van der Waals surface area (Å²) >= 11 is 12.3. The third-order valence-corrected chi connectivity index (χ3v) is 6.97. The van der Waals surface area contributed by atoms with Crippen molar-refractivity contribution in [1.82, 2.24) is 15.6 Å². The minimum Gasteiger partial charge on any atom is -0.496 e. The first-order chi connectivity index (χ1) is 15.5. The van der Waals surface area contributed by atoms with Crippen LogP contribution in [0.4, 0.5) is 0 Å². The third-order valence-electron chi connectivity index (χ3n) is 6.24. The molecule has 0 atom stereocenters. The summed E-state index contributed by atoms with van der Waals surface area (Å²) in [5.41, 5.74) is 3.32. The highest BCUT2D eigenvalue weighted by molar-refractivity contribution is 6.42. The molecular weight excluding hydrogens is 457 g/mol. The van der Waals surface area contributed by atoms with Gasteiger partial charge in [-0.3, -0.25) is 4.79 Å². The number of nitrogens with one attached hydrogen (secondary N) is 3. The Morgan fingerprint density at radius 3 is 2.39 bits per heavy atom. The van der Waals surface area contributed by atoms with Crippen LogP contribution in [0.15, 0.2) is 36.4 Å². The van der Waals surface area contributed by atoms with Crippen LogP contribution in [-0.2, 0) is 0 Å². The number of ether oxygens (including phenoxy) is 1. The summed E-state index contributed by atoms with van der Waals surface area (Å²) in [6, 6.07) is 11.3. The molecule has 0 unspecified atom stereocenters. The number of benzene rings is 2. The van der Waals surface area contributed by atoms with Crippen LogP contribution in [0.2, 0.25) is 10.0 Å². The standard InChI is InChI=1S/C26H31Cl2N3O2/c1-25(2)12-15(13-26(3,4)31-25)14-29-24(32)18-7-6-16(10-23(18)33-5)21-9-17-8-19(27)20(28)11-22(17)30-21/h6-11,15,30-31H,12-14H2,1-5H3,(H,29,32). The topological polar surface area (TPSA) is 66.2 Å². The second-order valence-electron chi connectivity index (χ2n) is 10.3. The van der Waals surface area contributed by atoms with Gasteiger partial charge in [-0.15, -0.1) is 0 Å². The Hall–Kier alpha value is -2.21. The van der Waals surface area contributed by atoms with Crippen molar-refractivity contribution in [2.45, 2.75) is 51.6 Å². The first-order valence-electron chi connectivity index (χ1n) is 11.2. The lowest BCUT2D eigenvalue weighted by Gasteiger charge is -2.46. The van der Waals surface area contributed by atoms with Gasteiger partial charge in [0.15, 0.2) is 0 Å². The average Bonchev–Trinajstić information content (AvgIpc) is 3.12. The molecule has 7 heteroatoms. The number of carbonyl (C=O) groups is 1. The monoisotopic (exact) mass is 487 g/mol. The number of halogens is 2. The van der Waals surface area contributed by atoms with E-state index in [0.717, 1.165) is 35.0 Å². The third kappa shape index (κ3) is 5.32. The van der Waals surface area contributed by atoms with E-state index in [-0.39, 0.29) is 17.0 Å². The number of aromatic amines is 1. The van der Waals surface area contributed by atoms with Gasteiger partial charge < -0.3 is 20.4 Å². The van der Waals surface area contributed by atoms with Gasteiger partial charge in [0.25, 0.3) is 5.91 Å². The summed E-state index contributed by atoms with van der Waals surface area (Å²) in [7, 11) is 1.58. The molecule has 3 N–H and O–H groups in total. The van der Waals surface area contributed by atoms with Crippen molar-refractivity contribution in [2.24, 2.45) is 5.92 Å². The Morgan fingerprint density at radius 1 is 1.06 bits per heavy atom. The van der Waals surface area contributed by atoms with E-state index in [0.29, 0.717) is 33.8 Å². The van der Waals surface area contributed by atoms with Crippen LogP contribution < -0.4 is 15.4 Å². The molecule has 5 nitrogen and oxygen atoms in total. The van der Waals surface area contributed by atoms with Gasteiger partial charge in [-0.2, -0.15) is 0 Å². The van der Waals surface area contributed by atoms with Crippen molar-refractivity contribution in [2.75, 3.05) is 13.7 Å². The van der Waals surface area contributed by atoms with Gasteiger partial charge in [0.2, 0.25) is 0 Å². The first-order valence-corrected chi connectivity index (χ1v) is 12.0. The van der Waals surface area contributed by atoms with E-state index in [1.54, 1.807) is 7.11 Å². The molecule has 33 heavy (non-hydrogen) atoms. The molecule has 0 bridgehead atoms. The smallest absolute Gasteiger partial charge is 0.255 e. The lowest BCUT2D eigenvalue weighted by atomic mass is 9.76. The normalized spacial score (nSPS) is 17.8.